The first-order valence-electron chi connectivity index (χ1n) is 7.82. The first-order chi connectivity index (χ1) is 10.7. The summed E-state index contributed by atoms with van der Waals surface area (Å²) >= 11 is 0. The van der Waals surface area contributed by atoms with E-state index in [1.807, 2.05) is 25.1 Å². The topological polar surface area (TPSA) is 65.0 Å². The number of benzene rings is 1. The molecule has 1 aliphatic heterocycles. The summed E-state index contributed by atoms with van der Waals surface area (Å²) < 4.78 is 10.2. The van der Waals surface area contributed by atoms with Crippen LogP contribution in [0.15, 0.2) is 35.5 Å². The van der Waals surface area contributed by atoms with Crippen molar-refractivity contribution >= 4 is 5.97 Å². The van der Waals surface area contributed by atoms with Crippen LogP contribution in [-0.4, -0.2) is 31.8 Å². The Morgan fingerprint density at radius 2 is 2.00 bits per heavy atom. The smallest absolute Gasteiger partial charge is 0.308 e. The summed E-state index contributed by atoms with van der Waals surface area (Å²) in [6.07, 6.45) is 4.15. The molecule has 0 N–H and O–H groups in total. The molecular weight excluding hydrogens is 282 g/mol. The lowest BCUT2D eigenvalue weighted by Crippen LogP contribution is -2.14. The Hall–Kier alpha value is -1.75. The van der Waals surface area contributed by atoms with Crippen molar-refractivity contribution in [2.24, 2.45) is 5.18 Å². The van der Waals surface area contributed by atoms with E-state index in [9.17, 15) is 9.70 Å². The van der Waals surface area contributed by atoms with Crippen LogP contribution in [0.1, 0.15) is 38.2 Å². The van der Waals surface area contributed by atoms with E-state index in [0.717, 1.165) is 32.3 Å². The van der Waals surface area contributed by atoms with Crippen molar-refractivity contribution in [3.8, 4) is 0 Å². The van der Waals surface area contributed by atoms with Gasteiger partial charge in [0.15, 0.2) is 0 Å². The number of aryl methyl sites for hydroxylation is 1. The second kappa shape index (κ2) is 11.9. The van der Waals surface area contributed by atoms with Gasteiger partial charge in [0, 0.05) is 6.61 Å². The molecule has 5 nitrogen and oxygen atoms in total. The number of cyclic esters (lactones) is 1. The fourth-order valence-corrected chi connectivity index (χ4v) is 2.07. The summed E-state index contributed by atoms with van der Waals surface area (Å²) in [6, 6.07) is 10.1. The zero-order chi connectivity index (χ0) is 16.0. The molecule has 0 bridgehead atoms. The minimum absolute atomic E-state index is 0.0594. The molecule has 1 saturated heterocycles. The minimum Gasteiger partial charge on any atom is -0.463 e. The molecule has 1 aromatic rings. The van der Waals surface area contributed by atoms with E-state index in [1.165, 1.54) is 5.56 Å². The normalized spacial score (nSPS) is 18.8. The van der Waals surface area contributed by atoms with Crippen molar-refractivity contribution in [2.45, 2.75) is 45.1 Å². The minimum atomic E-state index is -0.139. The molecule has 0 aromatic heterocycles. The van der Waals surface area contributed by atoms with Gasteiger partial charge in [-0.2, -0.15) is 4.91 Å². The third-order valence-corrected chi connectivity index (χ3v) is 3.24. The quantitative estimate of drug-likeness (QED) is 0.485. The SMILES string of the molecule is CC1CCCOCCC(=O)O1.O=NCCCc1ccccc1. The zero-order valence-electron chi connectivity index (χ0n) is 13.2. The standard InChI is InChI=1S/C9H11NO.C8H14O3/c11-10-8-4-7-9-5-2-1-3-6-9;1-7-3-2-5-10-6-4-8(9)11-7/h1-3,5-6H,4,7-8H2;7H,2-6H2,1H3. The number of rotatable bonds is 4. The van der Waals surface area contributed by atoms with Gasteiger partial charge >= 0.3 is 5.97 Å². The number of carbonyl (C=O) groups is 1. The van der Waals surface area contributed by atoms with Crippen LogP contribution >= 0.6 is 0 Å². The van der Waals surface area contributed by atoms with E-state index >= 15 is 0 Å². The van der Waals surface area contributed by atoms with Gasteiger partial charge in [-0.05, 0) is 38.2 Å². The highest BCUT2D eigenvalue weighted by Gasteiger charge is 2.11. The Morgan fingerprint density at radius 1 is 1.23 bits per heavy atom. The van der Waals surface area contributed by atoms with Gasteiger partial charge in [0.2, 0.25) is 0 Å². The third kappa shape index (κ3) is 9.23. The highest BCUT2D eigenvalue weighted by atomic mass is 16.5. The van der Waals surface area contributed by atoms with Gasteiger partial charge < -0.3 is 9.47 Å². The zero-order valence-corrected chi connectivity index (χ0v) is 13.2. The predicted molar refractivity (Wildman–Crippen MR) is 85.6 cm³/mol. The van der Waals surface area contributed by atoms with Crippen LogP contribution in [0.2, 0.25) is 0 Å². The Labute approximate surface area is 132 Å². The number of esters is 1. The van der Waals surface area contributed by atoms with Crippen LogP contribution in [0.3, 0.4) is 0 Å². The monoisotopic (exact) mass is 307 g/mol. The van der Waals surface area contributed by atoms with Crippen LogP contribution < -0.4 is 0 Å². The molecule has 0 radical (unpaired) electrons. The van der Waals surface area contributed by atoms with Crippen molar-refractivity contribution in [3.05, 3.63) is 40.8 Å². The summed E-state index contributed by atoms with van der Waals surface area (Å²) in [4.78, 5) is 20.6. The maximum Gasteiger partial charge on any atom is 0.308 e. The van der Waals surface area contributed by atoms with Gasteiger partial charge in [-0.3, -0.25) is 4.79 Å². The van der Waals surface area contributed by atoms with E-state index in [4.69, 9.17) is 9.47 Å². The second-order valence-electron chi connectivity index (χ2n) is 5.25. The molecule has 0 spiro atoms. The average molecular weight is 307 g/mol. The highest BCUT2D eigenvalue weighted by molar-refractivity contribution is 5.69. The van der Waals surface area contributed by atoms with Gasteiger partial charge in [-0.1, -0.05) is 35.5 Å². The molecule has 0 saturated carbocycles. The fraction of sp³-hybridized carbons (Fsp3) is 0.588. The Kier molecular flexibility index (Phi) is 9.87. The molecule has 1 fully saturated rings. The highest BCUT2D eigenvalue weighted by Crippen LogP contribution is 2.06. The van der Waals surface area contributed by atoms with Crippen molar-refractivity contribution in [3.63, 3.8) is 0 Å². The molecule has 0 aliphatic carbocycles. The number of carbonyl (C=O) groups excluding carboxylic acids is 1. The van der Waals surface area contributed by atoms with Crippen LogP contribution in [0.25, 0.3) is 0 Å². The predicted octanol–water partition coefficient (Wildman–Crippen LogP) is 3.50. The van der Waals surface area contributed by atoms with E-state index in [-0.39, 0.29) is 12.1 Å². The second-order valence-corrected chi connectivity index (χ2v) is 5.25. The lowest BCUT2D eigenvalue weighted by atomic mass is 10.1. The summed E-state index contributed by atoms with van der Waals surface area (Å²) in [5, 5.41) is 2.80. The first kappa shape index (κ1) is 18.3. The largest absolute Gasteiger partial charge is 0.463 e. The number of hydrogen-bond donors (Lipinski definition) is 0. The van der Waals surface area contributed by atoms with Gasteiger partial charge in [0.05, 0.1) is 25.7 Å². The molecule has 0 amide bonds. The molecule has 1 aliphatic rings. The molecule has 1 heterocycles. The average Bonchev–Trinajstić information content (AvgIpc) is 2.61. The van der Waals surface area contributed by atoms with E-state index in [2.05, 4.69) is 17.3 Å². The van der Waals surface area contributed by atoms with Crippen LogP contribution in [0, 0.1) is 4.91 Å². The summed E-state index contributed by atoms with van der Waals surface area (Å²) in [6.45, 7) is 3.60. The van der Waals surface area contributed by atoms with E-state index in [0.29, 0.717) is 19.6 Å². The maximum atomic E-state index is 10.9. The number of hydrogen-bond acceptors (Lipinski definition) is 5. The van der Waals surface area contributed by atoms with E-state index in [1.54, 1.807) is 0 Å². The Balaban J connectivity index is 0.000000220. The molecular formula is C17H25NO4. The van der Waals surface area contributed by atoms with Crippen LogP contribution in [0.5, 0.6) is 0 Å². The summed E-state index contributed by atoms with van der Waals surface area (Å²) in [5.41, 5.74) is 1.27. The molecule has 1 aromatic carbocycles. The fourth-order valence-electron chi connectivity index (χ4n) is 2.07. The molecule has 1 unspecified atom stereocenters. The molecule has 5 heteroatoms. The molecule has 2 rings (SSSR count). The number of nitrogens with zero attached hydrogens (tertiary/aromatic N) is 1. The van der Waals surface area contributed by atoms with E-state index < -0.39 is 0 Å². The van der Waals surface area contributed by atoms with Crippen molar-refractivity contribution in [1.29, 1.82) is 0 Å². The lowest BCUT2D eigenvalue weighted by Gasteiger charge is -2.09. The molecule has 1 atom stereocenters. The van der Waals surface area contributed by atoms with Gasteiger partial charge in [0.1, 0.15) is 0 Å². The summed E-state index contributed by atoms with van der Waals surface area (Å²) in [7, 11) is 0. The number of nitroso groups, excluding NO2 is 1. The van der Waals surface area contributed by atoms with Crippen molar-refractivity contribution in [2.75, 3.05) is 19.8 Å². The number of ether oxygens (including phenoxy) is 2. The maximum absolute atomic E-state index is 10.9. The van der Waals surface area contributed by atoms with Gasteiger partial charge in [-0.15, -0.1) is 0 Å². The van der Waals surface area contributed by atoms with Gasteiger partial charge in [0.25, 0.3) is 0 Å². The first-order valence-corrected chi connectivity index (χ1v) is 7.82. The van der Waals surface area contributed by atoms with Crippen LogP contribution in [-0.2, 0) is 20.7 Å². The molecule has 122 valence electrons. The molecule has 22 heavy (non-hydrogen) atoms. The Morgan fingerprint density at radius 3 is 2.73 bits per heavy atom. The lowest BCUT2D eigenvalue weighted by molar-refractivity contribution is -0.148. The van der Waals surface area contributed by atoms with Crippen molar-refractivity contribution in [1.82, 2.24) is 0 Å². The summed E-state index contributed by atoms with van der Waals surface area (Å²) in [5.74, 6) is -0.139. The Bertz CT molecular complexity index is 422. The van der Waals surface area contributed by atoms with Crippen LogP contribution in [0.4, 0.5) is 0 Å². The van der Waals surface area contributed by atoms with Crippen molar-refractivity contribution < 1.29 is 14.3 Å². The third-order valence-electron chi connectivity index (χ3n) is 3.24. The van der Waals surface area contributed by atoms with Gasteiger partial charge in [-0.25, -0.2) is 0 Å².